The van der Waals surface area contributed by atoms with Crippen LogP contribution < -0.4 is 9.47 Å². The minimum Gasteiger partial charge on any atom is -0.497 e. The molecule has 0 saturated heterocycles. The molecule has 0 N–H and O–H groups in total. The lowest BCUT2D eigenvalue weighted by molar-refractivity contribution is 0.289. The van der Waals surface area contributed by atoms with Crippen molar-refractivity contribution in [1.29, 1.82) is 0 Å². The van der Waals surface area contributed by atoms with Crippen molar-refractivity contribution < 1.29 is 18.3 Å². The summed E-state index contributed by atoms with van der Waals surface area (Å²) in [6.07, 6.45) is 0. The zero-order valence-electron chi connectivity index (χ0n) is 12.9. The molecule has 0 aliphatic carbocycles. The second-order valence-electron chi connectivity index (χ2n) is 4.94. The molecule has 130 valence electrons. The smallest absolute Gasteiger partial charge is 0.167 e. The second kappa shape index (κ2) is 7.80. The molecular formula is C17H11Br2F2NO2S. The molecule has 0 aliphatic rings. The number of halogens is 4. The molecule has 0 aliphatic heterocycles. The Morgan fingerprint density at radius 3 is 2.64 bits per heavy atom. The summed E-state index contributed by atoms with van der Waals surface area (Å²) in [6.45, 7) is 0.0768. The first-order chi connectivity index (χ1) is 12.0. The van der Waals surface area contributed by atoms with E-state index in [2.05, 4.69) is 36.8 Å². The van der Waals surface area contributed by atoms with Crippen LogP contribution >= 0.6 is 43.2 Å². The van der Waals surface area contributed by atoms with Crippen LogP contribution in [0, 0.1) is 11.6 Å². The third kappa shape index (κ3) is 4.19. The molecule has 0 bridgehead atoms. The zero-order valence-corrected chi connectivity index (χ0v) is 16.8. The Morgan fingerprint density at radius 2 is 1.92 bits per heavy atom. The summed E-state index contributed by atoms with van der Waals surface area (Å²) in [5, 5.41) is 0.653. The fraction of sp³-hybridized carbons (Fsp3) is 0.118. The number of nitrogens with zero attached hydrogens (tertiary/aromatic N) is 1. The van der Waals surface area contributed by atoms with E-state index in [0.29, 0.717) is 10.8 Å². The Hall–Kier alpha value is -1.51. The molecule has 3 nitrogen and oxygen atoms in total. The van der Waals surface area contributed by atoms with Crippen molar-refractivity contribution in [3.63, 3.8) is 0 Å². The lowest BCUT2D eigenvalue weighted by Crippen LogP contribution is -1.97. The van der Waals surface area contributed by atoms with Crippen molar-refractivity contribution in [2.24, 2.45) is 0 Å². The third-order valence-corrected chi connectivity index (χ3v) is 5.67. The highest BCUT2D eigenvalue weighted by atomic mass is 79.9. The van der Waals surface area contributed by atoms with Gasteiger partial charge in [0.2, 0.25) is 0 Å². The van der Waals surface area contributed by atoms with Gasteiger partial charge in [-0.25, -0.2) is 13.8 Å². The summed E-state index contributed by atoms with van der Waals surface area (Å²) in [6, 6.07) is 8.78. The largest absolute Gasteiger partial charge is 0.497 e. The average molecular weight is 491 g/mol. The van der Waals surface area contributed by atoms with Gasteiger partial charge in [0, 0.05) is 16.1 Å². The van der Waals surface area contributed by atoms with E-state index in [4.69, 9.17) is 9.47 Å². The van der Waals surface area contributed by atoms with Crippen LogP contribution in [0.1, 0.15) is 5.01 Å². The van der Waals surface area contributed by atoms with Gasteiger partial charge in [0.25, 0.3) is 0 Å². The standard InChI is InChI=1S/C17H11Br2F2NO2S/c1-23-10-3-4-12(18)11(7-10)16-17(19)25-15(22-16)8-24-14-5-2-9(20)6-13(14)21/h2-7H,8H2,1H3. The van der Waals surface area contributed by atoms with Gasteiger partial charge in [-0.05, 0) is 46.3 Å². The van der Waals surface area contributed by atoms with E-state index in [1.807, 2.05) is 18.2 Å². The summed E-state index contributed by atoms with van der Waals surface area (Å²) in [5.41, 5.74) is 1.59. The van der Waals surface area contributed by atoms with Crippen LogP contribution in [0.5, 0.6) is 11.5 Å². The van der Waals surface area contributed by atoms with E-state index in [9.17, 15) is 8.78 Å². The molecule has 0 fully saturated rings. The predicted molar refractivity (Wildman–Crippen MR) is 100 cm³/mol. The van der Waals surface area contributed by atoms with Crippen molar-refractivity contribution in [2.75, 3.05) is 7.11 Å². The Bertz CT molecular complexity index is 918. The van der Waals surface area contributed by atoms with Crippen molar-refractivity contribution >= 4 is 43.2 Å². The number of methoxy groups -OCH3 is 1. The molecule has 8 heteroatoms. The molecule has 3 aromatic rings. The summed E-state index contributed by atoms with van der Waals surface area (Å²) < 4.78 is 38.9. The van der Waals surface area contributed by atoms with Crippen LogP contribution in [0.25, 0.3) is 11.3 Å². The lowest BCUT2D eigenvalue weighted by Gasteiger charge is -2.06. The number of aromatic nitrogens is 1. The van der Waals surface area contributed by atoms with Crippen LogP contribution in [0.4, 0.5) is 8.78 Å². The fourth-order valence-corrected chi connectivity index (χ4v) is 4.13. The predicted octanol–water partition coefficient (Wildman–Crippen LogP) is 6.20. The fourth-order valence-electron chi connectivity index (χ4n) is 2.12. The van der Waals surface area contributed by atoms with Gasteiger partial charge in [-0.1, -0.05) is 15.9 Å². The minimum atomic E-state index is -0.744. The topological polar surface area (TPSA) is 31.4 Å². The summed E-state index contributed by atoms with van der Waals surface area (Å²) in [4.78, 5) is 4.54. The van der Waals surface area contributed by atoms with Crippen molar-refractivity contribution in [3.8, 4) is 22.8 Å². The van der Waals surface area contributed by atoms with Crippen LogP contribution in [-0.4, -0.2) is 12.1 Å². The first kappa shape index (κ1) is 18.3. The van der Waals surface area contributed by atoms with Gasteiger partial charge in [-0.3, -0.25) is 0 Å². The number of hydrogen-bond acceptors (Lipinski definition) is 4. The van der Waals surface area contributed by atoms with Crippen molar-refractivity contribution in [3.05, 3.63) is 61.3 Å². The number of hydrogen-bond donors (Lipinski definition) is 0. The normalized spacial score (nSPS) is 10.8. The van der Waals surface area contributed by atoms with Crippen molar-refractivity contribution in [1.82, 2.24) is 4.98 Å². The Labute approximate surface area is 163 Å². The zero-order chi connectivity index (χ0) is 18.0. The maximum absolute atomic E-state index is 13.6. The molecule has 1 heterocycles. The second-order valence-corrected chi connectivity index (χ2v) is 8.19. The number of thiazole rings is 1. The highest BCUT2D eigenvalue weighted by Gasteiger charge is 2.15. The SMILES string of the molecule is COc1ccc(Br)c(-c2nc(COc3ccc(F)cc3F)sc2Br)c1. The highest BCUT2D eigenvalue weighted by molar-refractivity contribution is 9.11. The number of rotatable bonds is 5. The van der Waals surface area contributed by atoms with Crippen LogP contribution in [0.2, 0.25) is 0 Å². The first-order valence-electron chi connectivity index (χ1n) is 7.05. The molecule has 0 saturated carbocycles. The summed E-state index contributed by atoms with van der Waals surface area (Å²) in [5.74, 6) is -0.695. The summed E-state index contributed by atoms with van der Waals surface area (Å²) >= 11 is 8.39. The summed E-state index contributed by atoms with van der Waals surface area (Å²) in [7, 11) is 1.60. The van der Waals surface area contributed by atoms with E-state index in [0.717, 1.165) is 31.6 Å². The first-order valence-corrected chi connectivity index (χ1v) is 9.45. The van der Waals surface area contributed by atoms with E-state index >= 15 is 0 Å². The van der Waals surface area contributed by atoms with E-state index in [1.165, 1.54) is 17.4 Å². The van der Waals surface area contributed by atoms with Gasteiger partial charge in [0.15, 0.2) is 11.6 Å². The molecular weight excluding hydrogens is 480 g/mol. The number of ether oxygens (including phenoxy) is 2. The molecule has 0 atom stereocenters. The van der Waals surface area contributed by atoms with Gasteiger partial charge in [-0.2, -0.15) is 0 Å². The molecule has 0 amide bonds. The molecule has 3 rings (SSSR count). The maximum atomic E-state index is 13.6. The van der Waals surface area contributed by atoms with Crippen LogP contribution in [0.3, 0.4) is 0 Å². The highest BCUT2D eigenvalue weighted by Crippen LogP contribution is 2.38. The minimum absolute atomic E-state index is 0.0168. The van der Waals surface area contributed by atoms with E-state index < -0.39 is 11.6 Å². The lowest BCUT2D eigenvalue weighted by atomic mass is 10.1. The van der Waals surface area contributed by atoms with Gasteiger partial charge < -0.3 is 9.47 Å². The molecule has 25 heavy (non-hydrogen) atoms. The molecule has 1 aromatic heterocycles. The van der Waals surface area contributed by atoms with Crippen LogP contribution in [0.15, 0.2) is 44.7 Å². The molecule has 0 unspecified atom stereocenters. The maximum Gasteiger partial charge on any atom is 0.167 e. The average Bonchev–Trinajstić information content (AvgIpc) is 2.95. The van der Waals surface area contributed by atoms with E-state index in [1.54, 1.807) is 7.11 Å². The van der Waals surface area contributed by atoms with Gasteiger partial charge in [0.1, 0.15) is 23.2 Å². The molecule has 0 spiro atoms. The monoisotopic (exact) mass is 489 g/mol. The number of benzene rings is 2. The Kier molecular flexibility index (Phi) is 5.71. The third-order valence-electron chi connectivity index (χ3n) is 3.30. The molecule has 0 radical (unpaired) electrons. The molecule has 2 aromatic carbocycles. The quantitative estimate of drug-likeness (QED) is 0.426. The van der Waals surface area contributed by atoms with Crippen LogP contribution in [-0.2, 0) is 6.61 Å². The van der Waals surface area contributed by atoms with Gasteiger partial charge >= 0.3 is 0 Å². The van der Waals surface area contributed by atoms with Gasteiger partial charge in [0.05, 0.1) is 16.6 Å². The Balaban J connectivity index is 1.83. The Morgan fingerprint density at radius 1 is 1.12 bits per heavy atom. The van der Waals surface area contributed by atoms with Gasteiger partial charge in [-0.15, -0.1) is 11.3 Å². The van der Waals surface area contributed by atoms with Crippen molar-refractivity contribution in [2.45, 2.75) is 6.61 Å². The van der Waals surface area contributed by atoms with E-state index in [-0.39, 0.29) is 12.4 Å².